The Morgan fingerprint density at radius 1 is 0.933 bits per heavy atom. The Hall–Kier alpha value is -2.09. The molecule has 2 nitrogen and oxygen atoms in total. The van der Waals surface area contributed by atoms with Gasteiger partial charge in [0.25, 0.3) is 0 Å². The van der Waals surface area contributed by atoms with E-state index in [2.05, 4.69) is 45.0 Å². The van der Waals surface area contributed by atoms with Crippen LogP contribution in [0, 0.1) is 0 Å². The smallest absolute Gasteiger partial charge is 0.343 e. The van der Waals surface area contributed by atoms with Crippen molar-refractivity contribution in [3.8, 4) is 5.75 Å². The number of carbonyl (C=O) groups excluding carboxylic acids is 1. The van der Waals surface area contributed by atoms with Crippen LogP contribution in [0.25, 0.3) is 0 Å². The topological polar surface area (TPSA) is 26.3 Å². The second-order valence-corrected chi connectivity index (χ2v) is 9.17. The fourth-order valence-corrected chi connectivity index (χ4v) is 5.02. The van der Waals surface area contributed by atoms with Crippen LogP contribution in [-0.2, 0) is 5.41 Å². The molecule has 1 unspecified atom stereocenters. The minimum Gasteiger partial charge on any atom is -0.423 e. The van der Waals surface area contributed by atoms with Crippen molar-refractivity contribution in [3.63, 3.8) is 0 Å². The molecule has 0 N–H and O–H groups in total. The molecule has 0 aromatic heterocycles. The lowest BCUT2D eigenvalue weighted by molar-refractivity contribution is 0.0734. The van der Waals surface area contributed by atoms with Gasteiger partial charge in [0.1, 0.15) is 5.75 Å². The molecular weight excluding hydrogens is 368 g/mol. The summed E-state index contributed by atoms with van der Waals surface area (Å²) in [6.07, 6.45) is 12.7. The van der Waals surface area contributed by atoms with Gasteiger partial charge in [-0.15, -0.1) is 0 Å². The van der Waals surface area contributed by atoms with Crippen LogP contribution < -0.4 is 4.74 Å². The first-order valence-corrected chi connectivity index (χ1v) is 12.0. The number of carbonyl (C=O) groups is 1. The van der Waals surface area contributed by atoms with Crippen molar-refractivity contribution in [2.24, 2.45) is 0 Å². The molecule has 2 aromatic rings. The molecular formula is C28H38O2. The standard InChI is InChI=1S/C28H38O2/c1-4-6-19-28(20-8-7-9-21-28)25-15-17-26(18-16-25)30-27(29)24-13-11-23(12-14-24)22(3)10-5-2/h11-18,22H,4-10,19-21H2,1-3H3. The summed E-state index contributed by atoms with van der Waals surface area (Å²) in [4.78, 5) is 12.6. The van der Waals surface area contributed by atoms with E-state index >= 15 is 0 Å². The lowest BCUT2D eigenvalue weighted by atomic mass is 9.67. The predicted molar refractivity (Wildman–Crippen MR) is 125 cm³/mol. The van der Waals surface area contributed by atoms with Crippen molar-refractivity contribution >= 4 is 5.97 Å². The van der Waals surface area contributed by atoms with Crippen LogP contribution in [0.4, 0.5) is 0 Å². The molecule has 0 aliphatic heterocycles. The molecule has 0 spiro atoms. The molecule has 3 rings (SSSR count). The molecule has 162 valence electrons. The van der Waals surface area contributed by atoms with Crippen molar-refractivity contribution in [2.45, 2.75) is 96.3 Å². The van der Waals surface area contributed by atoms with Gasteiger partial charge in [0.15, 0.2) is 0 Å². The highest BCUT2D eigenvalue weighted by Gasteiger charge is 2.33. The van der Waals surface area contributed by atoms with Gasteiger partial charge in [-0.2, -0.15) is 0 Å². The third-order valence-electron chi connectivity index (χ3n) is 6.93. The maximum Gasteiger partial charge on any atom is 0.343 e. The van der Waals surface area contributed by atoms with Crippen molar-refractivity contribution in [1.29, 1.82) is 0 Å². The van der Waals surface area contributed by atoms with E-state index in [1.807, 2.05) is 24.3 Å². The Balaban J connectivity index is 1.66. The summed E-state index contributed by atoms with van der Waals surface area (Å²) >= 11 is 0. The zero-order valence-electron chi connectivity index (χ0n) is 19.1. The summed E-state index contributed by atoms with van der Waals surface area (Å²) in [6.45, 7) is 6.71. The number of esters is 1. The molecule has 1 fully saturated rings. The van der Waals surface area contributed by atoms with Crippen LogP contribution in [-0.4, -0.2) is 5.97 Å². The van der Waals surface area contributed by atoms with E-state index in [0.29, 0.717) is 22.6 Å². The average molecular weight is 407 g/mol. The second-order valence-electron chi connectivity index (χ2n) is 9.17. The fraction of sp³-hybridized carbons (Fsp3) is 0.536. The van der Waals surface area contributed by atoms with Gasteiger partial charge in [-0.05, 0) is 72.4 Å². The second kappa shape index (κ2) is 10.8. The Kier molecular flexibility index (Phi) is 8.13. The molecule has 1 aliphatic carbocycles. The van der Waals surface area contributed by atoms with Gasteiger partial charge in [0.05, 0.1) is 5.56 Å². The molecule has 0 amide bonds. The quantitative estimate of drug-likeness (QED) is 0.310. The highest BCUT2D eigenvalue weighted by molar-refractivity contribution is 5.91. The van der Waals surface area contributed by atoms with Gasteiger partial charge >= 0.3 is 5.97 Å². The van der Waals surface area contributed by atoms with Crippen LogP contribution in [0.3, 0.4) is 0 Å². The summed E-state index contributed by atoms with van der Waals surface area (Å²) in [5, 5.41) is 0. The summed E-state index contributed by atoms with van der Waals surface area (Å²) in [6, 6.07) is 16.2. The summed E-state index contributed by atoms with van der Waals surface area (Å²) in [5.41, 5.74) is 3.63. The van der Waals surface area contributed by atoms with Gasteiger partial charge in [-0.25, -0.2) is 4.79 Å². The summed E-state index contributed by atoms with van der Waals surface area (Å²) in [5.74, 6) is 0.872. The van der Waals surface area contributed by atoms with Crippen LogP contribution in [0.15, 0.2) is 48.5 Å². The third-order valence-corrected chi connectivity index (χ3v) is 6.93. The van der Waals surface area contributed by atoms with Crippen molar-refractivity contribution in [2.75, 3.05) is 0 Å². The summed E-state index contributed by atoms with van der Waals surface area (Å²) in [7, 11) is 0. The molecule has 2 aromatic carbocycles. The molecule has 0 heterocycles. The van der Waals surface area contributed by atoms with Gasteiger partial charge < -0.3 is 4.74 Å². The van der Waals surface area contributed by atoms with Gasteiger partial charge in [0.2, 0.25) is 0 Å². The Morgan fingerprint density at radius 3 is 2.20 bits per heavy atom. The molecule has 0 bridgehead atoms. The fourth-order valence-electron chi connectivity index (χ4n) is 5.02. The normalized spacial score (nSPS) is 16.8. The first-order chi connectivity index (χ1) is 14.6. The van der Waals surface area contributed by atoms with Gasteiger partial charge in [-0.3, -0.25) is 0 Å². The van der Waals surface area contributed by atoms with E-state index in [1.165, 1.54) is 68.9 Å². The van der Waals surface area contributed by atoms with Crippen LogP contribution in [0.2, 0.25) is 0 Å². The number of unbranched alkanes of at least 4 members (excludes halogenated alkanes) is 1. The first kappa shape index (κ1) is 22.6. The molecule has 2 heteroatoms. The minimum absolute atomic E-state index is 0.282. The van der Waals surface area contributed by atoms with Crippen molar-refractivity contribution in [3.05, 3.63) is 65.2 Å². The van der Waals surface area contributed by atoms with E-state index in [-0.39, 0.29) is 5.97 Å². The third kappa shape index (κ3) is 5.53. The van der Waals surface area contributed by atoms with Crippen molar-refractivity contribution in [1.82, 2.24) is 0 Å². The minimum atomic E-state index is -0.282. The maximum atomic E-state index is 12.6. The molecule has 1 saturated carbocycles. The SMILES string of the molecule is CCCCC1(c2ccc(OC(=O)c3ccc(C(C)CCC)cc3)cc2)CCCCC1. The first-order valence-electron chi connectivity index (χ1n) is 12.0. The monoisotopic (exact) mass is 406 g/mol. The number of hydrogen-bond donors (Lipinski definition) is 0. The number of ether oxygens (including phenoxy) is 1. The Labute approximate surface area is 183 Å². The zero-order valence-corrected chi connectivity index (χ0v) is 19.1. The largest absolute Gasteiger partial charge is 0.423 e. The zero-order chi connectivity index (χ0) is 21.4. The number of benzene rings is 2. The molecule has 30 heavy (non-hydrogen) atoms. The molecule has 0 radical (unpaired) electrons. The van der Waals surface area contributed by atoms with Crippen LogP contribution in [0.1, 0.15) is 112 Å². The number of hydrogen-bond acceptors (Lipinski definition) is 2. The lowest BCUT2D eigenvalue weighted by Gasteiger charge is -2.38. The lowest BCUT2D eigenvalue weighted by Crippen LogP contribution is -2.29. The van der Waals surface area contributed by atoms with Gasteiger partial charge in [-0.1, -0.05) is 83.6 Å². The number of rotatable bonds is 9. The molecule has 0 saturated heterocycles. The summed E-state index contributed by atoms with van der Waals surface area (Å²) < 4.78 is 5.67. The molecule has 1 atom stereocenters. The maximum absolute atomic E-state index is 12.6. The predicted octanol–water partition coefficient (Wildman–Crippen LogP) is 8.20. The van der Waals surface area contributed by atoms with E-state index in [0.717, 1.165) is 6.42 Å². The van der Waals surface area contributed by atoms with E-state index < -0.39 is 0 Å². The van der Waals surface area contributed by atoms with E-state index in [4.69, 9.17) is 4.74 Å². The molecule has 1 aliphatic rings. The van der Waals surface area contributed by atoms with E-state index in [1.54, 1.807) is 0 Å². The average Bonchev–Trinajstić information content (AvgIpc) is 2.79. The van der Waals surface area contributed by atoms with Gasteiger partial charge in [0, 0.05) is 0 Å². The van der Waals surface area contributed by atoms with Crippen molar-refractivity contribution < 1.29 is 9.53 Å². The van der Waals surface area contributed by atoms with E-state index in [9.17, 15) is 4.79 Å². The highest BCUT2D eigenvalue weighted by Crippen LogP contribution is 2.43. The van der Waals surface area contributed by atoms with Crippen LogP contribution >= 0.6 is 0 Å². The van der Waals surface area contributed by atoms with Crippen LogP contribution in [0.5, 0.6) is 5.75 Å². The Morgan fingerprint density at radius 2 is 1.60 bits per heavy atom. The highest BCUT2D eigenvalue weighted by atomic mass is 16.5. The Bertz CT molecular complexity index is 782.